The van der Waals surface area contributed by atoms with E-state index in [4.69, 9.17) is 0 Å². The van der Waals surface area contributed by atoms with Gasteiger partial charge < -0.3 is 9.80 Å². The lowest BCUT2D eigenvalue weighted by Crippen LogP contribution is -2.54. The third kappa shape index (κ3) is 3.61. The number of nitrogens with one attached hydrogen (secondary N) is 2. The summed E-state index contributed by atoms with van der Waals surface area (Å²) in [5, 5.41) is 0. The van der Waals surface area contributed by atoms with Gasteiger partial charge in [0.1, 0.15) is 18.0 Å². The monoisotopic (exact) mass is 349 g/mol. The van der Waals surface area contributed by atoms with Gasteiger partial charge in [-0.05, 0) is 13.3 Å². The number of hydrogen-bond donors (Lipinski definition) is 2. The first-order valence-corrected chi connectivity index (χ1v) is 10.1. The molecule has 1 aromatic heterocycles. The molecule has 0 saturated carbocycles. The Labute approximate surface area is 148 Å². The molecular weight excluding hydrogens is 322 g/mol. The molecule has 3 aliphatic heterocycles. The quantitative estimate of drug-likeness (QED) is 0.811. The van der Waals surface area contributed by atoms with Crippen molar-refractivity contribution in [2.24, 2.45) is 0 Å². The Balaban J connectivity index is 1.37. The Hall–Kier alpha value is -1.09. The van der Waals surface area contributed by atoms with Crippen LogP contribution in [-0.2, 0) is 0 Å². The summed E-state index contributed by atoms with van der Waals surface area (Å²) in [6, 6.07) is 2.73. The smallest absolute Gasteiger partial charge is 0.134 e. The molecule has 0 radical (unpaired) electrons. The lowest BCUT2D eigenvalue weighted by atomic mass is 10.2. The lowest BCUT2D eigenvalue weighted by molar-refractivity contribution is 0.166. The molecule has 8 heteroatoms. The summed E-state index contributed by atoms with van der Waals surface area (Å²) in [6.07, 6.45) is 3.36. The van der Waals surface area contributed by atoms with Crippen LogP contribution in [-0.4, -0.2) is 77.8 Å². The minimum atomic E-state index is 0.467. The van der Waals surface area contributed by atoms with Crippen LogP contribution in [0.4, 0.5) is 11.6 Å². The third-order valence-electron chi connectivity index (χ3n) is 5.13. The standard InChI is InChI=1S/C16H27N7S/c1-13-10-16(20-19-13)22-4-2-21(3-5-22)14-11-15(18-12-17-14)23-6-8-24-9-7-23/h11-13,16,19-20H,2-10H2,1H3. The minimum Gasteiger partial charge on any atom is -0.355 e. The number of rotatable bonds is 3. The second-order valence-corrected chi connectivity index (χ2v) is 8.02. The van der Waals surface area contributed by atoms with E-state index in [9.17, 15) is 0 Å². The Morgan fingerprint density at radius 3 is 2.25 bits per heavy atom. The molecule has 0 amide bonds. The van der Waals surface area contributed by atoms with Crippen LogP contribution in [0, 0.1) is 0 Å². The maximum absolute atomic E-state index is 4.53. The Kier molecular flexibility index (Phi) is 5.07. The van der Waals surface area contributed by atoms with Crippen molar-refractivity contribution in [3.8, 4) is 0 Å². The third-order valence-corrected chi connectivity index (χ3v) is 6.07. The van der Waals surface area contributed by atoms with Crippen LogP contribution in [0.3, 0.4) is 0 Å². The zero-order valence-electron chi connectivity index (χ0n) is 14.3. The fourth-order valence-electron chi connectivity index (χ4n) is 3.67. The predicted octanol–water partition coefficient (Wildman–Crippen LogP) is 0.364. The summed E-state index contributed by atoms with van der Waals surface area (Å²) < 4.78 is 0. The lowest BCUT2D eigenvalue weighted by Gasteiger charge is -2.38. The van der Waals surface area contributed by atoms with Gasteiger partial charge in [0.2, 0.25) is 0 Å². The van der Waals surface area contributed by atoms with Crippen LogP contribution in [0.2, 0.25) is 0 Å². The predicted molar refractivity (Wildman–Crippen MR) is 99.5 cm³/mol. The first-order chi connectivity index (χ1) is 11.8. The van der Waals surface area contributed by atoms with Gasteiger partial charge in [0.05, 0.1) is 6.17 Å². The summed E-state index contributed by atoms with van der Waals surface area (Å²) in [5.74, 6) is 4.54. The summed E-state index contributed by atoms with van der Waals surface area (Å²) in [4.78, 5) is 16.3. The SMILES string of the molecule is CC1CC(N2CCN(c3cc(N4CCSCC4)ncn3)CC2)NN1. The molecular formula is C16H27N7S. The normalized spacial score (nSPS) is 29.2. The van der Waals surface area contributed by atoms with Gasteiger partial charge in [0.15, 0.2) is 0 Å². The van der Waals surface area contributed by atoms with E-state index in [1.165, 1.54) is 17.9 Å². The van der Waals surface area contributed by atoms with Gasteiger partial charge >= 0.3 is 0 Å². The Bertz CT molecular complexity index is 543. The molecule has 4 rings (SSSR count). The molecule has 2 unspecified atom stereocenters. The maximum Gasteiger partial charge on any atom is 0.134 e. The van der Waals surface area contributed by atoms with E-state index in [-0.39, 0.29) is 0 Å². The molecule has 2 N–H and O–H groups in total. The highest BCUT2D eigenvalue weighted by atomic mass is 32.2. The summed E-state index contributed by atoms with van der Waals surface area (Å²) in [7, 11) is 0. The van der Waals surface area contributed by atoms with E-state index in [0.29, 0.717) is 12.2 Å². The van der Waals surface area contributed by atoms with Crippen molar-refractivity contribution in [2.75, 3.05) is 60.6 Å². The average molecular weight is 350 g/mol. The van der Waals surface area contributed by atoms with E-state index in [1.54, 1.807) is 6.33 Å². The van der Waals surface area contributed by atoms with Crippen LogP contribution in [0.25, 0.3) is 0 Å². The molecule has 7 nitrogen and oxygen atoms in total. The summed E-state index contributed by atoms with van der Waals surface area (Å²) in [6.45, 7) is 8.61. The number of hydrazine groups is 1. The molecule has 132 valence electrons. The molecule has 24 heavy (non-hydrogen) atoms. The number of nitrogens with zero attached hydrogens (tertiary/aromatic N) is 5. The van der Waals surface area contributed by atoms with Crippen molar-refractivity contribution >= 4 is 23.4 Å². The van der Waals surface area contributed by atoms with E-state index in [1.807, 2.05) is 11.8 Å². The molecule has 0 bridgehead atoms. The molecule has 4 heterocycles. The Morgan fingerprint density at radius 1 is 0.958 bits per heavy atom. The second kappa shape index (κ2) is 7.43. The fraction of sp³-hybridized carbons (Fsp3) is 0.750. The van der Waals surface area contributed by atoms with Crippen molar-refractivity contribution < 1.29 is 0 Å². The Morgan fingerprint density at radius 2 is 1.62 bits per heavy atom. The van der Waals surface area contributed by atoms with Crippen LogP contribution in [0.15, 0.2) is 12.4 Å². The largest absolute Gasteiger partial charge is 0.355 e. The zero-order valence-corrected chi connectivity index (χ0v) is 15.1. The van der Waals surface area contributed by atoms with Gasteiger partial charge in [-0.25, -0.2) is 15.4 Å². The number of hydrogen-bond acceptors (Lipinski definition) is 8. The topological polar surface area (TPSA) is 59.6 Å². The molecule has 3 saturated heterocycles. The van der Waals surface area contributed by atoms with Crippen LogP contribution in [0.1, 0.15) is 13.3 Å². The highest BCUT2D eigenvalue weighted by molar-refractivity contribution is 7.99. The van der Waals surface area contributed by atoms with Gasteiger partial charge in [-0.2, -0.15) is 11.8 Å². The van der Waals surface area contributed by atoms with Crippen molar-refractivity contribution in [2.45, 2.75) is 25.6 Å². The molecule has 0 aromatic carbocycles. The molecule has 3 aliphatic rings. The molecule has 0 aliphatic carbocycles. The number of piperazine rings is 1. The number of thioether (sulfide) groups is 1. The maximum atomic E-state index is 4.53. The number of anilines is 2. The van der Waals surface area contributed by atoms with Crippen LogP contribution < -0.4 is 20.7 Å². The van der Waals surface area contributed by atoms with Crippen LogP contribution >= 0.6 is 11.8 Å². The van der Waals surface area contributed by atoms with E-state index >= 15 is 0 Å². The minimum absolute atomic E-state index is 0.467. The molecule has 2 atom stereocenters. The van der Waals surface area contributed by atoms with Crippen molar-refractivity contribution in [3.63, 3.8) is 0 Å². The van der Waals surface area contributed by atoms with Gasteiger partial charge in [0, 0.05) is 62.9 Å². The average Bonchev–Trinajstić information content (AvgIpc) is 3.09. The first-order valence-electron chi connectivity index (χ1n) is 8.94. The first kappa shape index (κ1) is 16.4. The molecule has 0 spiro atoms. The van der Waals surface area contributed by atoms with Gasteiger partial charge in [-0.15, -0.1) is 0 Å². The van der Waals surface area contributed by atoms with E-state index in [0.717, 1.165) is 50.9 Å². The molecule has 1 aromatic rings. The molecule has 3 fully saturated rings. The van der Waals surface area contributed by atoms with Gasteiger partial charge in [-0.3, -0.25) is 10.3 Å². The highest BCUT2D eigenvalue weighted by Crippen LogP contribution is 2.22. The zero-order chi connectivity index (χ0) is 16.4. The highest BCUT2D eigenvalue weighted by Gasteiger charge is 2.29. The van der Waals surface area contributed by atoms with Gasteiger partial charge in [0.25, 0.3) is 0 Å². The van der Waals surface area contributed by atoms with E-state index < -0.39 is 0 Å². The summed E-state index contributed by atoms with van der Waals surface area (Å²) in [5.41, 5.74) is 6.73. The van der Waals surface area contributed by atoms with Crippen LogP contribution in [0.5, 0.6) is 0 Å². The summed E-state index contributed by atoms with van der Waals surface area (Å²) >= 11 is 2.03. The van der Waals surface area contributed by atoms with Crippen molar-refractivity contribution in [1.29, 1.82) is 0 Å². The fourth-order valence-corrected chi connectivity index (χ4v) is 4.57. The van der Waals surface area contributed by atoms with Crippen molar-refractivity contribution in [3.05, 3.63) is 12.4 Å². The number of aromatic nitrogens is 2. The van der Waals surface area contributed by atoms with Gasteiger partial charge in [-0.1, -0.05) is 0 Å². The van der Waals surface area contributed by atoms with Crippen molar-refractivity contribution in [1.82, 2.24) is 25.7 Å². The second-order valence-electron chi connectivity index (χ2n) is 6.80. The van der Waals surface area contributed by atoms with E-state index in [2.05, 4.69) is 48.5 Å².